The molecule has 0 amide bonds. The summed E-state index contributed by atoms with van der Waals surface area (Å²) in [5.41, 5.74) is 4.98. The lowest BCUT2D eigenvalue weighted by atomic mass is 9.94. The zero-order chi connectivity index (χ0) is 24.1. The molecule has 0 saturated heterocycles. The first-order valence-corrected chi connectivity index (χ1v) is 10.5. The van der Waals surface area contributed by atoms with E-state index in [0.29, 0.717) is 24.3 Å². The van der Waals surface area contributed by atoms with Crippen molar-refractivity contribution in [2.75, 3.05) is 21.3 Å². The molecule has 1 aromatic heterocycles. The van der Waals surface area contributed by atoms with Gasteiger partial charge in [-0.3, -0.25) is 0 Å². The second kappa shape index (κ2) is 10.4. The van der Waals surface area contributed by atoms with Crippen molar-refractivity contribution in [1.82, 2.24) is 10.1 Å². The van der Waals surface area contributed by atoms with Crippen LogP contribution in [-0.4, -0.2) is 37.4 Å². The summed E-state index contributed by atoms with van der Waals surface area (Å²) < 4.78 is 35.1. The summed E-state index contributed by atoms with van der Waals surface area (Å²) in [7, 11) is 4.49. The topological polar surface area (TPSA) is 83.7 Å². The summed E-state index contributed by atoms with van der Waals surface area (Å²) >= 11 is 0. The molecule has 0 saturated carbocycles. The minimum Gasteiger partial charge on any atom is -0.465 e. The van der Waals surface area contributed by atoms with Crippen molar-refractivity contribution in [1.29, 1.82) is 0 Å². The van der Waals surface area contributed by atoms with Crippen LogP contribution in [0.5, 0.6) is 0 Å². The molecule has 0 unspecified atom stereocenters. The van der Waals surface area contributed by atoms with E-state index in [0.717, 1.165) is 22.3 Å². The molecule has 0 atom stereocenters. The first kappa shape index (κ1) is 23.3. The van der Waals surface area contributed by atoms with Crippen LogP contribution in [0.1, 0.15) is 21.5 Å². The molecule has 1 heterocycles. The summed E-state index contributed by atoms with van der Waals surface area (Å²) in [6.07, 6.45) is 0. The molecule has 0 fully saturated rings. The maximum atomic E-state index is 14.3. The fourth-order valence-electron chi connectivity index (χ4n) is 3.72. The van der Waals surface area contributed by atoms with E-state index in [2.05, 4.69) is 14.9 Å². The number of carbonyl (C=O) groups is 1. The van der Waals surface area contributed by atoms with E-state index in [1.807, 2.05) is 42.5 Å². The van der Waals surface area contributed by atoms with Crippen molar-refractivity contribution in [3.8, 4) is 34.0 Å². The smallest absolute Gasteiger partial charge is 0.340 e. The molecule has 0 aliphatic carbocycles. The van der Waals surface area contributed by atoms with Crippen LogP contribution in [0.3, 0.4) is 0 Å². The molecule has 0 aliphatic rings. The van der Waals surface area contributed by atoms with E-state index in [4.69, 9.17) is 14.0 Å². The largest absolute Gasteiger partial charge is 0.465 e. The third kappa shape index (κ3) is 4.73. The Morgan fingerprint density at radius 2 is 1.59 bits per heavy atom. The predicted molar refractivity (Wildman–Crippen MR) is 123 cm³/mol. The third-order valence-electron chi connectivity index (χ3n) is 5.32. The van der Waals surface area contributed by atoms with E-state index < -0.39 is 11.8 Å². The highest BCUT2D eigenvalue weighted by Gasteiger charge is 2.18. The zero-order valence-corrected chi connectivity index (χ0v) is 19.0. The quantitative estimate of drug-likeness (QED) is 0.329. The van der Waals surface area contributed by atoms with Gasteiger partial charge in [0.2, 0.25) is 5.82 Å². The monoisotopic (exact) mass is 462 g/mol. The Hall–Kier alpha value is -3.88. The van der Waals surface area contributed by atoms with Crippen molar-refractivity contribution in [3.05, 3.63) is 83.2 Å². The minimum absolute atomic E-state index is 0.163. The standard InChI is InChI=1S/C26H23FN2O5/c1-31-14-18-6-4-5-7-20(18)21-10-9-17(12-19(21)15-32-2)25-28-24(29-34-25)16-8-11-22(23(27)13-16)26(30)33-3/h4-13H,14-15H2,1-3H3. The number of hydrogen-bond donors (Lipinski definition) is 0. The average molecular weight is 462 g/mol. The van der Waals surface area contributed by atoms with E-state index in [9.17, 15) is 9.18 Å². The van der Waals surface area contributed by atoms with Crippen LogP contribution >= 0.6 is 0 Å². The lowest BCUT2D eigenvalue weighted by Gasteiger charge is -2.14. The first-order chi connectivity index (χ1) is 16.5. The average Bonchev–Trinajstić information content (AvgIpc) is 3.35. The van der Waals surface area contributed by atoms with Gasteiger partial charge in [0.1, 0.15) is 5.82 Å². The SMILES string of the molecule is COCc1ccccc1-c1ccc(-c2nc(-c3ccc(C(=O)OC)c(F)c3)no2)cc1COC. The normalized spacial score (nSPS) is 10.9. The minimum atomic E-state index is -0.754. The Labute approximate surface area is 196 Å². The first-order valence-electron chi connectivity index (χ1n) is 10.5. The number of esters is 1. The van der Waals surface area contributed by atoms with Gasteiger partial charge in [-0.1, -0.05) is 35.5 Å². The van der Waals surface area contributed by atoms with Crippen LogP contribution in [0.25, 0.3) is 34.0 Å². The predicted octanol–water partition coefficient (Wildman–Crippen LogP) is 5.29. The molecule has 0 N–H and O–H groups in total. The van der Waals surface area contributed by atoms with Crippen molar-refractivity contribution < 1.29 is 27.9 Å². The van der Waals surface area contributed by atoms with E-state index in [1.54, 1.807) is 14.2 Å². The maximum absolute atomic E-state index is 14.3. The lowest BCUT2D eigenvalue weighted by Crippen LogP contribution is -2.04. The summed E-state index contributed by atoms with van der Waals surface area (Å²) in [5, 5.41) is 3.98. The van der Waals surface area contributed by atoms with Gasteiger partial charge >= 0.3 is 5.97 Å². The van der Waals surface area contributed by atoms with Crippen LogP contribution in [0.15, 0.2) is 65.2 Å². The fraction of sp³-hybridized carbons (Fsp3) is 0.192. The summed E-state index contributed by atoms with van der Waals surface area (Å²) in [5.74, 6) is -0.998. The molecule has 34 heavy (non-hydrogen) atoms. The Bertz CT molecular complexity index is 1320. The summed E-state index contributed by atoms with van der Waals surface area (Å²) in [6, 6.07) is 17.9. The number of benzene rings is 3. The number of hydrogen-bond acceptors (Lipinski definition) is 7. The Balaban J connectivity index is 1.68. The van der Waals surface area contributed by atoms with Gasteiger partial charge in [-0.2, -0.15) is 4.98 Å². The van der Waals surface area contributed by atoms with Crippen LogP contribution in [0, 0.1) is 5.82 Å². The van der Waals surface area contributed by atoms with E-state index >= 15 is 0 Å². The highest BCUT2D eigenvalue weighted by Crippen LogP contribution is 2.32. The van der Waals surface area contributed by atoms with Gasteiger partial charge in [0.25, 0.3) is 5.89 Å². The Kier molecular flexibility index (Phi) is 7.10. The molecule has 0 bridgehead atoms. The van der Waals surface area contributed by atoms with Crippen LogP contribution in [0.2, 0.25) is 0 Å². The zero-order valence-electron chi connectivity index (χ0n) is 19.0. The molecular formula is C26H23FN2O5. The van der Waals surface area contributed by atoms with Crippen LogP contribution in [0.4, 0.5) is 4.39 Å². The number of nitrogens with zero attached hydrogens (tertiary/aromatic N) is 2. The highest BCUT2D eigenvalue weighted by molar-refractivity contribution is 5.90. The number of aromatic nitrogens is 2. The molecule has 8 heteroatoms. The molecule has 174 valence electrons. The van der Waals surface area contributed by atoms with Gasteiger partial charge in [0.05, 0.1) is 25.9 Å². The Morgan fingerprint density at radius 1 is 0.882 bits per heavy atom. The van der Waals surface area contributed by atoms with Crippen molar-refractivity contribution in [2.45, 2.75) is 13.2 Å². The second-order valence-electron chi connectivity index (χ2n) is 7.50. The van der Waals surface area contributed by atoms with Gasteiger partial charge in [0.15, 0.2) is 0 Å². The molecule has 3 aromatic carbocycles. The molecule has 0 aliphatic heterocycles. The van der Waals surface area contributed by atoms with Crippen molar-refractivity contribution in [2.24, 2.45) is 0 Å². The summed E-state index contributed by atoms with van der Waals surface area (Å²) in [6.45, 7) is 0.869. The third-order valence-corrected chi connectivity index (χ3v) is 5.32. The van der Waals surface area contributed by atoms with Crippen LogP contribution < -0.4 is 0 Å². The number of ether oxygens (including phenoxy) is 3. The van der Waals surface area contributed by atoms with Gasteiger partial charge in [-0.05, 0) is 52.6 Å². The molecule has 0 spiro atoms. The lowest BCUT2D eigenvalue weighted by molar-refractivity contribution is 0.0595. The molecular weight excluding hydrogens is 439 g/mol. The van der Waals surface area contributed by atoms with Gasteiger partial charge in [-0.15, -0.1) is 0 Å². The van der Waals surface area contributed by atoms with E-state index in [-0.39, 0.29) is 17.3 Å². The molecule has 4 aromatic rings. The van der Waals surface area contributed by atoms with E-state index in [1.165, 1.54) is 25.3 Å². The number of carbonyl (C=O) groups excluding carboxylic acids is 1. The van der Waals surface area contributed by atoms with Gasteiger partial charge in [-0.25, -0.2) is 9.18 Å². The van der Waals surface area contributed by atoms with Crippen LogP contribution in [-0.2, 0) is 27.4 Å². The van der Waals surface area contributed by atoms with Gasteiger partial charge < -0.3 is 18.7 Å². The molecule has 7 nitrogen and oxygen atoms in total. The number of rotatable bonds is 8. The number of methoxy groups -OCH3 is 3. The fourth-order valence-corrected chi connectivity index (χ4v) is 3.72. The maximum Gasteiger partial charge on any atom is 0.340 e. The number of halogens is 1. The molecule has 4 rings (SSSR count). The molecule has 0 radical (unpaired) electrons. The Morgan fingerprint density at radius 3 is 2.32 bits per heavy atom. The summed E-state index contributed by atoms with van der Waals surface area (Å²) in [4.78, 5) is 16.0. The van der Waals surface area contributed by atoms with Gasteiger partial charge in [0, 0.05) is 25.3 Å². The highest BCUT2D eigenvalue weighted by atomic mass is 19.1. The van der Waals surface area contributed by atoms with Crippen molar-refractivity contribution >= 4 is 5.97 Å². The second-order valence-corrected chi connectivity index (χ2v) is 7.50. The van der Waals surface area contributed by atoms with Crippen molar-refractivity contribution in [3.63, 3.8) is 0 Å².